The number of hydrogen-bond acceptors (Lipinski definition) is 4. The van der Waals surface area contributed by atoms with E-state index >= 15 is 0 Å². The van der Waals surface area contributed by atoms with Crippen molar-refractivity contribution >= 4 is 40.3 Å². The van der Waals surface area contributed by atoms with Crippen LogP contribution >= 0.6 is 23.8 Å². The molecule has 3 aromatic heterocycles. The van der Waals surface area contributed by atoms with Crippen molar-refractivity contribution < 1.29 is 0 Å². The Labute approximate surface area is 240 Å². The Balaban J connectivity index is 1.39. The molecule has 0 bridgehead atoms. The zero-order valence-corrected chi connectivity index (χ0v) is 23.8. The minimum Gasteiger partial charge on any atom is -0.370 e. The summed E-state index contributed by atoms with van der Waals surface area (Å²) in [6.07, 6.45) is 7.03. The van der Waals surface area contributed by atoms with Gasteiger partial charge in [-0.1, -0.05) is 37.6 Å². The number of anilines is 2. The molecule has 0 amide bonds. The van der Waals surface area contributed by atoms with E-state index in [4.69, 9.17) is 28.8 Å². The van der Waals surface area contributed by atoms with Crippen molar-refractivity contribution in [3.63, 3.8) is 0 Å². The smallest absolute Gasteiger partial charge is 0.174 e. The highest BCUT2D eigenvalue weighted by Crippen LogP contribution is 2.43. The van der Waals surface area contributed by atoms with E-state index in [-0.39, 0.29) is 12.1 Å². The molecule has 2 fully saturated rings. The van der Waals surface area contributed by atoms with E-state index in [1.54, 1.807) is 0 Å². The monoisotopic (exact) mass is 556 g/mol. The van der Waals surface area contributed by atoms with Gasteiger partial charge in [-0.2, -0.15) is 0 Å². The van der Waals surface area contributed by atoms with E-state index in [0.717, 1.165) is 46.6 Å². The number of benzene rings is 1. The molecule has 0 radical (unpaired) electrons. The summed E-state index contributed by atoms with van der Waals surface area (Å²) in [6.45, 7) is 7.36. The van der Waals surface area contributed by atoms with Crippen molar-refractivity contribution in [3.05, 3.63) is 107 Å². The molecule has 0 unspecified atom stereocenters. The van der Waals surface area contributed by atoms with Crippen LogP contribution in [0.15, 0.2) is 85.3 Å². The molecule has 1 N–H and O–H groups in total. The van der Waals surface area contributed by atoms with Gasteiger partial charge in [0.15, 0.2) is 5.11 Å². The van der Waals surface area contributed by atoms with Gasteiger partial charge in [0.25, 0.3) is 0 Å². The topological polar surface area (TPSA) is 49.2 Å². The van der Waals surface area contributed by atoms with Crippen LogP contribution in [0.1, 0.15) is 49.4 Å². The lowest BCUT2D eigenvalue weighted by Crippen LogP contribution is -2.38. The van der Waals surface area contributed by atoms with Gasteiger partial charge in [0.1, 0.15) is 6.04 Å². The maximum absolute atomic E-state index is 6.99. The molecule has 0 spiro atoms. The van der Waals surface area contributed by atoms with Gasteiger partial charge < -0.3 is 19.7 Å². The lowest BCUT2D eigenvalue weighted by Gasteiger charge is -2.37. The summed E-state index contributed by atoms with van der Waals surface area (Å²) in [5.41, 5.74) is 5.13. The number of rotatable bonds is 6. The van der Waals surface area contributed by atoms with E-state index in [2.05, 4.69) is 87.2 Å². The quantitative estimate of drug-likeness (QED) is 0.269. The molecule has 6 nitrogen and oxygen atoms in total. The third kappa shape index (κ3) is 5.25. The van der Waals surface area contributed by atoms with Crippen LogP contribution in [0.5, 0.6) is 0 Å². The fourth-order valence-electron chi connectivity index (χ4n) is 6.20. The first-order chi connectivity index (χ1) is 19.0. The molecule has 0 saturated carbocycles. The van der Waals surface area contributed by atoms with Crippen LogP contribution in [0.3, 0.4) is 0 Å². The van der Waals surface area contributed by atoms with Gasteiger partial charge in [0.2, 0.25) is 0 Å². The minimum absolute atomic E-state index is 0.122. The van der Waals surface area contributed by atoms with Crippen molar-refractivity contribution in [1.29, 1.82) is 0 Å². The molecule has 5 heterocycles. The number of halogens is 1. The summed E-state index contributed by atoms with van der Waals surface area (Å²) in [7, 11) is 0. The number of piperidine rings is 1. The molecular formula is C31H33ClN6S. The molecule has 4 atom stereocenters. The van der Waals surface area contributed by atoms with Gasteiger partial charge in [0, 0.05) is 43.1 Å². The fraction of sp³-hybridized carbons (Fsp3) is 0.323. The van der Waals surface area contributed by atoms with E-state index in [1.165, 1.54) is 6.42 Å². The van der Waals surface area contributed by atoms with Crippen LogP contribution < -0.4 is 15.1 Å². The van der Waals surface area contributed by atoms with Crippen LogP contribution in [-0.2, 0) is 6.54 Å². The zero-order chi connectivity index (χ0) is 26.9. The van der Waals surface area contributed by atoms with E-state index in [1.807, 2.05) is 36.7 Å². The minimum atomic E-state index is -0.127. The average molecular weight is 557 g/mol. The molecule has 0 aliphatic carbocycles. The van der Waals surface area contributed by atoms with Crippen molar-refractivity contribution in [2.75, 3.05) is 22.9 Å². The molecule has 2 aliphatic rings. The fourth-order valence-corrected chi connectivity index (χ4v) is 6.84. The Hall–Kier alpha value is -3.42. The number of nitrogens with one attached hydrogen (secondary N) is 1. The van der Waals surface area contributed by atoms with Gasteiger partial charge >= 0.3 is 0 Å². The SMILES string of the molecule is C[C@H]1C[C@H](C)CN(c2ccc(N3C(=S)N[C@@H](c4ccccn4)[C@@H]3c3cccn3Cc3ccccn3)cc2Cl)C1. The van der Waals surface area contributed by atoms with Crippen molar-refractivity contribution in [3.8, 4) is 0 Å². The summed E-state index contributed by atoms with van der Waals surface area (Å²) in [5.74, 6) is 1.30. The van der Waals surface area contributed by atoms with Crippen molar-refractivity contribution in [1.82, 2.24) is 19.9 Å². The predicted octanol–water partition coefficient (Wildman–Crippen LogP) is 6.64. The summed E-state index contributed by atoms with van der Waals surface area (Å²) >= 11 is 13.0. The molecule has 2 aliphatic heterocycles. The molecule has 39 heavy (non-hydrogen) atoms. The van der Waals surface area contributed by atoms with Crippen molar-refractivity contribution in [2.24, 2.45) is 11.8 Å². The Morgan fingerprint density at radius 2 is 1.72 bits per heavy atom. The number of nitrogens with zero attached hydrogens (tertiary/aromatic N) is 5. The summed E-state index contributed by atoms with van der Waals surface area (Å²) < 4.78 is 2.25. The molecule has 6 rings (SSSR count). The largest absolute Gasteiger partial charge is 0.370 e. The summed E-state index contributed by atoms with van der Waals surface area (Å²) in [6, 6.07) is 22.4. The van der Waals surface area contributed by atoms with E-state index < -0.39 is 0 Å². The molecule has 1 aromatic carbocycles. The highest BCUT2D eigenvalue weighted by molar-refractivity contribution is 7.80. The van der Waals surface area contributed by atoms with E-state index in [9.17, 15) is 0 Å². The highest BCUT2D eigenvalue weighted by atomic mass is 35.5. The lowest BCUT2D eigenvalue weighted by molar-refractivity contribution is 0.357. The van der Waals surface area contributed by atoms with Crippen LogP contribution in [0.4, 0.5) is 11.4 Å². The van der Waals surface area contributed by atoms with Gasteiger partial charge in [-0.05, 0) is 85.1 Å². The second kappa shape index (κ2) is 11.0. The Bertz CT molecular complexity index is 1430. The van der Waals surface area contributed by atoms with Crippen LogP contribution in [0, 0.1) is 11.8 Å². The second-order valence-corrected chi connectivity index (χ2v) is 11.7. The molecule has 4 aromatic rings. The van der Waals surface area contributed by atoms with Gasteiger partial charge in [0.05, 0.1) is 34.7 Å². The first-order valence-corrected chi connectivity index (χ1v) is 14.4. The maximum Gasteiger partial charge on any atom is 0.174 e. The molecule has 8 heteroatoms. The Morgan fingerprint density at radius 3 is 2.41 bits per heavy atom. The summed E-state index contributed by atoms with van der Waals surface area (Å²) in [5, 5.41) is 4.98. The molecule has 200 valence electrons. The highest BCUT2D eigenvalue weighted by Gasteiger charge is 2.42. The third-order valence-electron chi connectivity index (χ3n) is 7.74. The molecule has 2 saturated heterocycles. The predicted molar refractivity (Wildman–Crippen MR) is 162 cm³/mol. The van der Waals surface area contributed by atoms with Crippen LogP contribution in [-0.4, -0.2) is 32.7 Å². The average Bonchev–Trinajstić information content (AvgIpc) is 3.52. The first kappa shape index (κ1) is 25.8. The van der Waals surface area contributed by atoms with Crippen LogP contribution in [0.2, 0.25) is 5.02 Å². The van der Waals surface area contributed by atoms with Gasteiger partial charge in [-0.3, -0.25) is 9.97 Å². The maximum atomic E-state index is 6.99. The number of pyridine rings is 2. The Morgan fingerprint density at radius 1 is 0.949 bits per heavy atom. The van der Waals surface area contributed by atoms with Gasteiger partial charge in [-0.25, -0.2) is 0 Å². The number of thiocarbonyl (C=S) groups is 1. The van der Waals surface area contributed by atoms with E-state index in [0.29, 0.717) is 23.5 Å². The Kier molecular flexibility index (Phi) is 7.28. The summed E-state index contributed by atoms with van der Waals surface area (Å²) in [4.78, 5) is 13.9. The third-order valence-corrected chi connectivity index (χ3v) is 8.36. The van der Waals surface area contributed by atoms with Gasteiger partial charge in [-0.15, -0.1) is 0 Å². The number of hydrogen-bond donors (Lipinski definition) is 1. The number of aromatic nitrogens is 3. The second-order valence-electron chi connectivity index (χ2n) is 10.9. The van der Waals surface area contributed by atoms with Crippen LogP contribution in [0.25, 0.3) is 0 Å². The normalized spacial score (nSPS) is 23.2. The first-order valence-electron chi connectivity index (χ1n) is 13.6. The standard InChI is InChI=1S/C31H33ClN6S/c1-21-16-22(2)19-37(18-21)27-12-11-24(17-25(27)32)38-30(29(35-31(38)39)26-9-4-6-14-34-26)28-10-7-15-36(28)20-23-8-3-5-13-33-23/h3-15,17,21-22,29-30H,16,18-20H2,1-2H3,(H,35,39)/t21-,22-,29-,30-/m0/s1. The lowest BCUT2D eigenvalue weighted by atomic mass is 9.91. The molecular weight excluding hydrogens is 524 g/mol. The van der Waals surface area contributed by atoms with Crippen molar-refractivity contribution in [2.45, 2.75) is 38.9 Å². The zero-order valence-electron chi connectivity index (χ0n) is 22.2.